The second-order valence-corrected chi connectivity index (χ2v) is 3.58. The molecular weight excluding hydrogens is 144 g/mol. The molecule has 0 bridgehead atoms. The van der Waals surface area contributed by atoms with Crippen LogP contribution < -0.4 is 0 Å². The highest BCUT2D eigenvalue weighted by molar-refractivity contribution is 5.18. The molecule has 0 aliphatic heterocycles. The molecular formula is C12H17. The summed E-state index contributed by atoms with van der Waals surface area (Å²) >= 11 is 0. The zero-order valence-corrected chi connectivity index (χ0v) is 8.17. The van der Waals surface area contributed by atoms with E-state index in [1.165, 1.54) is 12.0 Å². The van der Waals surface area contributed by atoms with Crippen molar-refractivity contribution in [3.63, 3.8) is 0 Å². The van der Waals surface area contributed by atoms with Crippen LogP contribution in [0, 0.1) is 12.0 Å². The number of hydrogen-bond donors (Lipinski definition) is 0. The van der Waals surface area contributed by atoms with Crippen molar-refractivity contribution in [2.24, 2.45) is 5.92 Å². The van der Waals surface area contributed by atoms with Gasteiger partial charge in [-0.05, 0) is 29.9 Å². The topological polar surface area (TPSA) is 0 Å². The van der Waals surface area contributed by atoms with Gasteiger partial charge in [-0.25, -0.2) is 0 Å². The molecule has 0 fully saturated rings. The fraction of sp³-hybridized carbons (Fsp3) is 0.500. The molecule has 1 aromatic carbocycles. The average molecular weight is 161 g/mol. The van der Waals surface area contributed by atoms with Crippen LogP contribution in [0.25, 0.3) is 0 Å². The van der Waals surface area contributed by atoms with Crippen LogP contribution in [0.1, 0.15) is 38.7 Å². The van der Waals surface area contributed by atoms with E-state index in [2.05, 4.69) is 39.0 Å². The van der Waals surface area contributed by atoms with E-state index < -0.39 is 0 Å². The summed E-state index contributed by atoms with van der Waals surface area (Å²) in [5, 5.41) is 0. The average Bonchev–Trinajstić information content (AvgIpc) is 2.07. The first-order chi connectivity index (χ1) is 5.75. The van der Waals surface area contributed by atoms with Crippen molar-refractivity contribution in [2.45, 2.75) is 33.1 Å². The third-order valence-electron chi connectivity index (χ3n) is 2.38. The van der Waals surface area contributed by atoms with Crippen molar-refractivity contribution in [1.82, 2.24) is 0 Å². The van der Waals surface area contributed by atoms with Gasteiger partial charge in [-0.15, -0.1) is 0 Å². The lowest BCUT2D eigenvalue weighted by Crippen LogP contribution is -2.04. The van der Waals surface area contributed by atoms with Crippen LogP contribution in [0.5, 0.6) is 0 Å². The van der Waals surface area contributed by atoms with Gasteiger partial charge in [0.2, 0.25) is 0 Å². The van der Waals surface area contributed by atoms with E-state index in [1.807, 2.05) is 12.1 Å². The molecule has 12 heavy (non-hydrogen) atoms. The standard InChI is InChI=1S/C12H17/c1-4-12(10(2)3)11-8-6-5-7-9-11/h5-8,10,12H,4H2,1-3H3. The predicted molar refractivity (Wildman–Crippen MR) is 53.1 cm³/mol. The minimum absolute atomic E-state index is 0.672. The largest absolute Gasteiger partial charge is 0.0648 e. The summed E-state index contributed by atoms with van der Waals surface area (Å²) in [6, 6.07) is 11.6. The van der Waals surface area contributed by atoms with Crippen LogP contribution in [0.15, 0.2) is 24.3 Å². The molecule has 1 unspecified atom stereocenters. The third-order valence-corrected chi connectivity index (χ3v) is 2.38. The highest BCUT2D eigenvalue weighted by atomic mass is 14.2. The lowest BCUT2D eigenvalue weighted by molar-refractivity contribution is 0.485. The molecule has 0 nitrogen and oxygen atoms in total. The van der Waals surface area contributed by atoms with Crippen molar-refractivity contribution in [1.29, 1.82) is 0 Å². The minimum atomic E-state index is 0.672. The Morgan fingerprint density at radius 1 is 1.33 bits per heavy atom. The quantitative estimate of drug-likeness (QED) is 0.635. The fourth-order valence-corrected chi connectivity index (χ4v) is 1.69. The van der Waals surface area contributed by atoms with Gasteiger partial charge in [-0.3, -0.25) is 0 Å². The van der Waals surface area contributed by atoms with Gasteiger partial charge in [0.25, 0.3) is 0 Å². The third kappa shape index (κ3) is 2.10. The van der Waals surface area contributed by atoms with Gasteiger partial charge in [0.1, 0.15) is 0 Å². The summed E-state index contributed by atoms with van der Waals surface area (Å²) in [4.78, 5) is 0. The summed E-state index contributed by atoms with van der Waals surface area (Å²) in [5.74, 6) is 1.39. The first-order valence-corrected chi connectivity index (χ1v) is 4.72. The zero-order valence-electron chi connectivity index (χ0n) is 8.17. The van der Waals surface area contributed by atoms with Crippen LogP contribution in [0.2, 0.25) is 0 Å². The van der Waals surface area contributed by atoms with E-state index in [4.69, 9.17) is 0 Å². The molecule has 1 radical (unpaired) electrons. The zero-order chi connectivity index (χ0) is 8.97. The van der Waals surface area contributed by atoms with Gasteiger partial charge in [-0.2, -0.15) is 0 Å². The molecule has 1 aromatic rings. The molecule has 0 heterocycles. The van der Waals surface area contributed by atoms with Crippen LogP contribution in [0.3, 0.4) is 0 Å². The van der Waals surface area contributed by atoms with Gasteiger partial charge in [0.05, 0.1) is 0 Å². The molecule has 0 spiro atoms. The van der Waals surface area contributed by atoms with E-state index in [0.29, 0.717) is 11.8 Å². The molecule has 0 saturated carbocycles. The molecule has 0 N–H and O–H groups in total. The second-order valence-electron chi connectivity index (χ2n) is 3.58. The van der Waals surface area contributed by atoms with Crippen LogP contribution in [-0.4, -0.2) is 0 Å². The molecule has 0 amide bonds. The molecule has 0 aliphatic carbocycles. The van der Waals surface area contributed by atoms with E-state index in [1.54, 1.807) is 0 Å². The Morgan fingerprint density at radius 2 is 2.08 bits per heavy atom. The van der Waals surface area contributed by atoms with Gasteiger partial charge < -0.3 is 0 Å². The number of benzene rings is 1. The monoisotopic (exact) mass is 161 g/mol. The van der Waals surface area contributed by atoms with Crippen molar-refractivity contribution in [2.75, 3.05) is 0 Å². The second kappa shape index (κ2) is 4.30. The highest BCUT2D eigenvalue weighted by Gasteiger charge is 2.12. The Bertz CT molecular complexity index is 211. The molecule has 0 aliphatic rings. The lowest BCUT2D eigenvalue weighted by atomic mass is 9.86. The maximum atomic E-state index is 3.30. The van der Waals surface area contributed by atoms with Crippen LogP contribution in [-0.2, 0) is 0 Å². The molecule has 0 saturated heterocycles. The van der Waals surface area contributed by atoms with Crippen molar-refractivity contribution in [3.8, 4) is 0 Å². The van der Waals surface area contributed by atoms with Crippen molar-refractivity contribution < 1.29 is 0 Å². The van der Waals surface area contributed by atoms with E-state index >= 15 is 0 Å². The Balaban J connectivity index is 2.80. The molecule has 0 aromatic heterocycles. The van der Waals surface area contributed by atoms with E-state index in [-0.39, 0.29) is 0 Å². The Labute approximate surface area is 75.6 Å². The van der Waals surface area contributed by atoms with Gasteiger partial charge in [0, 0.05) is 0 Å². The Kier molecular flexibility index (Phi) is 3.33. The smallest absolute Gasteiger partial charge is 0.0135 e. The molecule has 0 heteroatoms. The summed E-state index contributed by atoms with van der Waals surface area (Å²) in [6.07, 6.45) is 1.21. The summed E-state index contributed by atoms with van der Waals surface area (Å²) in [7, 11) is 0. The first-order valence-electron chi connectivity index (χ1n) is 4.72. The lowest BCUT2D eigenvalue weighted by Gasteiger charge is -2.18. The van der Waals surface area contributed by atoms with Crippen LogP contribution >= 0.6 is 0 Å². The van der Waals surface area contributed by atoms with Gasteiger partial charge in [-0.1, -0.05) is 45.0 Å². The molecule has 65 valence electrons. The fourth-order valence-electron chi connectivity index (χ4n) is 1.69. The maximum Gasteiger partial charge on any atom is -0.0135 e. The number of rotatable bonds is 3. The van der Waals surface area contributed by atoms with E-state index in [9.17, 15) is 0 Å². The first kappa shape index (κ1) is 9.31. The van der Waals surface area contributed by atoms with Crippen molar-refractivity contribution >= 4 is 0 Å². The van der Waals surface area contributed by atoms with E-state index in [0.717, 1.165) is 0 Å². The normalized spacial score (nSPS) is 13.3. The van der Waals surface area contributed by atoms with Gasteiger partial charge in [0.15, 0.2) is 0 Å². The Hall–Kier alpha value is -0.780. The maximum absolute atomic E-state index is 3.30. The van der Waals surface area contributed by atoms with Crippen molar-refractivity contribution in [3.05, 3.63) is 35.9 Å². The molecule has 1 rings (SSSR count). The predicted octanol–water partition coefficient (Wildman–Crippen LogP) is 3.64. The van der Waals surface area contributed by atoms with Crippen LogP contribution in [0.4, 0.5) is 0 Å². The summed E-state index contributed by atoms with van der Waals surface area (Å²) in [6.45, 7) is 6.79. The highest BCUT2D eigenvalue weighted by Crippen LogP contribution is 2.26. The van der Waals surface area contributed by atoms with Gasteiger partial charge >= 0.3 is 0 Å². The SMILES string of the molecule is CCC(c1[c]cccc1)C(C)C. The minimum Gasteiger partial charge on any atom is -0.0648 e. The summed E-state index contributed by atoms with van der Waals surface area (Å²) in [5.41, 5.74) is 1.36. The summed E-state index contributed by atoms with van der Waals surface area (Å²) < 4.78 is 0. The Morgan fingerprint density at radius 3 is 2.50 bits per heavy atom. The molecule has 1 atom stereocenters. The number of hydrogen-bond acceptors (Lipinski definition) is 0.